The van der Waals surface area contributed by atoms with Gasteiger partial charge in [0.1, 0.15) is 0 Å². The van der Waals surface area contributed by atoms with Gasteiger partial charge >= 0.3 is 6.18 Å². The minimum atomic E-state index is -4.13. The van der Waals surface area contributed by atoms with Gasteiger partial charge in [-0.2, -0.15) is 13.2 Å². The number of halogens is 3. The molecule has 0 saturated heterocycles. The molecule has 0 radical (unpaired) electrons. The van der Waals surface area contributed by atoms with Crippen LogP contribution in [-0.4, -0.2) is 32.0 Å². The molecule has 0 heterocycles. The molecule has 1 atom stereocenters. The van der Waals surface area contributed by atoms with Gasteiger partial charge in [-0.3, -0.25) is 0 Å². The van der Waals surface area contributed by atoms with E-state index in [2.05, 4.69) is 12.2 Å². The van der Waals surface area contributed by atoms with Crippen LogP contribution < -0.4 is 5.32 Å². The summed E-state index contributed by atoms with van der Waals surface area (Å²) in [6.45, 7) is 3.77. The summed E-state index contributed by atoms with van der Waals surface area (Å²) < 4.78 is 40.7. The molecule has 2 nitrogen and oxygen atoms in total. The molecule has 5 heteroatoms. The highest BCUT2D eigenvalue weighted by molar-refractivity contribution is 4.56. The average molecular weight is 255 g/mol. The highest BCUT2D eigenvalue weighted by atomic mass is 19.4. The van der Waals surface area contributed by atoms with Crippen LogP contribution in [0.25, 0.3) is 0 Å². The minimum Gasteiger partial charge on any atom is -0.377 e. The summed E-state index contributed by atoms with van der Waals surface area (Å²) in [6, 6.07) is 0. The monoisotopic (exact) mass is 255 g/mol. The normalized spacial score (nSPS) is 13.9. The van der Waals surface area contributed by atoms with Crippen LogP contribution in [0.1, 0.15) is 46.0 Å². The lowest BCUT2D eigenvalue weighted by molar-refractivity contribution is -0.125. The Labute approximate surface area is 102 Å². The summed E-state index contributed by atoms with van der Waals surface area (Å²) in [6.07, 6.45) is 1.77. The Morgan fingerprint density at radius 3 is 2.47 bits per heavy atom. The van der Waals surface area contributed by atoms with E-state index < -0.39 is 12.7 Å². The predicted molar refractivity (Wildman–Crippen MR) is 63.1 cm³/mol. The first-order valence-corrected chi connectivity index (χ1v) is 6.34. The molecule has 0 fully saturated rings. The smallest absolute Gasteiger partial charge is 0.377 e. The molecule has 0 aromatic heterocycles. The van der Waals surface area contributed by atoms with E-state index in [1.54, 1.807) is 0 Å². The van der Waals surface area contributed by atoms with Gasteiger partial charge in [0.2, 0.25) is 0 Å². The van der Waals surface area contributed by atoms with E-state index in [0.717, 1.165) is 12.8 Å². The maximum atomic E-state index is 11.8. The number of alkyl halides is 3. The lowest BCUT2D eigenvalue weighted by Gasteiger charge is -2.13. The van der Waals surface area contributed by atoms with Crippen molar-refractivity contribution < 1.29 is 17.9 Å². The van der Waals surface area contributed by atoms with Crippen LogP contribution >= 0.6 is 0 Å². The zero-order valence-corrected chi connectivity index (χ0v) is 10.8. The van der Waals surface area contributed by atoms with Gasteiger partial charge in [-0.1, -0.05) is 32.6 Å². The van der Waals surface area contributed by atoms with Crippen molar-refractivity contribution in [2.75, 3.05) is 19.7 Å². The second-order valence-corrected chi connectivity index (χ2v) is 4.32. The standard InChI is InChI=1S/C12H24F3NO/c1-3-4-5-6-7-11(2)17-9-8-16-10-12(13,14)15/h11,16H,3-10H2,1-2H3. The fourth-order valence-corrected chi connectivity index (χ4v) is 1.50. The third-order valence-corrected chi connectivity index (χ3v) is 2.47. The number of hydrogen-bond acceptors (Lipinski definition) is 2. The minimum absolute atomic E-state index is 0.138. The molecule has 0 aromatic rings. The van der Waals surface area contributed by atoms with Crippen molar-refractivity contribution in [3.05, 3.63) is 0 Å². The molecule has 17 heavy (non-hydrogen) atoms. The lowest BCUT2D eigenvalue weighted by Crippen LogP contribution is -2.31. The summed E-state index contributed by atoms with van der Waals surface area (Å²) in [7, 11) is 0. The van der Waals surface area contributed by atoms with Gasteiger partial charge in [-0.05, 0) is 13.3 Å². The van der Waals surface area contributed by atoms with Crippen LogP contribution in [0.2, 0.25) is 0 Å². The van der Waals surface area contributed by atoms with Crippen LogP contribution in [0.5, 0.6) is 0 Å². The molecule has 0 spiro atoms. The molecule has 0 bridgehead atoms. The molecule has 0 amide bonds. The van der Waals surface area contributed by atoms with Gasteiger partial charge < -0.3 is 10.1 Å². The SMILES string of the molecule is CCCCCCC(C)OCCNCC(F)(F)F. The van der Waals surface area contributed by atoms with E-state index in [-0.39, 0.29) is 12.6 Å². The predicted octanol–water partition coefficient (Wildman–Crippen LogP) is 3.51. The van der Waals surface area contributed by atoms with E-state index in [0.29, 0.717) is 6.61 Å². The molecule has 0 aliphatic carbocycles. The highest BCUT2D eigenvalue weighted by Gasteiger charge is 2.25. The Balaban J connectivity index is 3.24. The quantitative estimate of drug-likeness (QED) is 0.603. The Bertz CT molecular complexity index is 174. The molecule has 104 valence electrons. The van der Waals surface area contributed by atoms with Crippen LogP contribution in [-0.2, 0) is 4.74 Å². The second-order valence-electron chi connectivity index (χ2n) is 4.32. The zero-order chi connectivity index (χ0) is 13.1. The van der Waals surface area contributed by atoms with Gasteiger partial charge in [-0.15, -0.1) is 0 Å². The molecule has 0 aliphatic rings. The molecule has 1 unspecified atom stereocenters. The number of nitrogens with one attached hydrogen (secondary N) is 1. The van der Waals surface area contributed by atoms with Gasteiger partial charge in [0.15, 0.2) is 0 Å². The summed E-state index contributed by atoms with van der Waals surface area (Å²) in [4.78, 5) is 0. The molecular formula is C12H24F3NO. The number of ether oxygens (including phenoxy) is 1. The third kappa shape index (κ3) is 13.6. The van der Waals surface area contributed by atoms with E-state index in [1.165, 1.54) is 19.3 Å². The summed E-state index contributed by atoms with van der Waals surface area (Å²) in [5.41, 5.74) is 0. The van der Waals surface area contributed by atoms with Crippen LogP contribution in [0.3, 0.4) is 0 Å². The van der Waals surface area contributed by atoms with Gasteiger partial charge in [0.05, 0.1) is 19.3 Å². The van der Waals surface area contributed by atoms with Crippen LogP contribution in [0.15, 0.2) is 0 Å². The lowest BCUT2D eigenvalue weighted by atomic mass is 10.1. The first-order chi connectivity index (χ1) is 7.95. The van der Waals surface area contributed by atoms with Gasteiger partial charge in [-0.25, -0.2) is 0 Å². The Morgan fingerprint density at radius 2 is 1.88 bits per heavy atom. The highest BCUT2D eigenvalue weighted by Crippen LogP contribution is 2.12. The molecule has 1 N–H and O–H groups in total. The zero-order valence-electron chi connectivity index (χ0n) is 10.8. The Hall–Kier alpha value is -0.290. The molecule has 0 aliphatic heterocycles. The topological polar surface area (TPSA) is 21.3 Å². The van der Waals surface area contributed by atoms with Crippen molar-refractivity contribution in [3.63, 3.8) is 0 Å². The first kappa shape index (κ1) is 16.7. The summed E-state index contributed by atoms with van der Waals surface area (Å²) >= 11 is 0. The van der Waals surface area contributed by atoms with Crippen molar-refractivity contribution >= 4 is 0 Å². The maximum Gasteiger partial charge on any atom is 0.401 e. The van der Waals surface area contributed by atoms with E-state index in [9.17, 15) is 13.2 Å². The van der Waals surface area contributed by atoms with Crippen molar-refractivity contribution in [3.8, 4) is 0 Å². The molecule has 0 saturated carbocycles. The average Bonchev–Trinajstić information content (AvgIpc) is 2.22. The van der Waals surface area contributed by atoms with Gasteiger partial charge in [0, 0.05) is 6.54 Å². The number of rotatable bonds is 10. The van der Waals surface area contributed by atoms with Crippen molar-refractivity contribution in [1.29, 1.82) is 0 Å². The molecule has 0 aromatic carbocycles. The second kappa shape index (κ2) is 9.71. The Morgan fingerprint density at radius 1 is 1.18 bits per heavy atom. The fourth-order valence-electron chi connectivity index (χ4n) is 1.50. The van der Waals surface area contributed by atoms with Crippen LogP contribution in [0, 0.1) is 0 Å². The molecule has 0 rings (SSSR count). The van der Waals surface area contributed by atoms with Crippen molar-refractivity contribution in [1.82, 2.24) is 5.32 Å². The molecular weight excluding hydrogens is 231 g/mol. The van der Waals surface area contributed by atoms with Crippen molar-refractivity contribution in [2.45, 2.75) is 58.2 Å². The summed E-state index contributed by atoms with van der Waals surface area (Å²) in [5, 5.41) is 2.31. The Kier molecular flexibility index (Phi) is 9.55. The first-order valence-electron chi connectivity index (χ1n) is 6.34. The van der Waals surface area contributed by atoms with E-state index in [4.69, 9.17) is 4.74 Å². The van der Waals surface area contributed by atoms with E-state index >= 15 is 0 Å². The van der Waals surface area contributed by atoms with Gasteiger partial charge in [0.25, 0.3) is 0 Å². The maximum absolute atomic E-state index is 11.8. The third-order valence-electron chi connectivity index (χ3n) is 2.47. The number of unbranched alkanes of at least 4 members (excludes halogenated alkanes) is 3. The fraction of sp³-hybridized carbons (Fsp3) is 1.00. The number of hydrogen-bond donors (Lipinski definition) is 1. The van der Waals surface area contributed by atoms with Crippen LogP contribution in [0.4, 0.5) is 13.2 Å². The largest absolute Gasteiger partial charge is 0.401 e. The van der Waals surface area contributed by atoms with E-state index in [1.807, 2.05) is 6.92 Å². The van der Waals surface area contributed by atoms with Crippen molar-refractivity contribution in [2.24, 2.45) is 0 Å². The summed E-state index contributed by atoms with van der Waals surface area (Å²) in [5.74, 6) is 0.